The lowest BCUT2D eigenvalue weighted by Crippen LogP contribution is -2.29. The van der Waals surface area contributed by atoms with E-state index < -0.39 is 0 Å². The smallest absolute Gasteiger partial charge is 0.175 e. The molecule has 0 saturated carbocycles. The molecular weight excluding hydrogens is 257 g/mol. The number of benzene rings is 1. The third kappa shape index (κ3) is 3.84. The van der Waals surface area contributed by atoms with Crippen LogP contribution in [0.2, 0.25) is 0 Å². The van der Waals surface area contributed by atoms with Gasteiger partial charge in [-0.25, -0.2) is 4.39 Å². The van der Waals surface area contributed by atoms with E-state index >= 15 is 0 Å². The molecule has 5 nitrogen and oxygen atoms in total. The van der Waals surface area contributed by atoms with E-state index in [1.807, 2.05) is 12.1 Å². The highest BCUT2D eigenvalue weighted by atomic mass is 19.1. The molecule has 1 unspecified atom stereocenters. The van der Waals surface area contributed by atoms with E-state index in [2.05, 4.69) is 34.6 Å². The first-order chi connectivity index (χ1) is 9.56. The van der Waals surface area contributed by atoms with Gasteiger partial charge < -0.3 is 5.32 Å². The van der Waals surface area contributed by atoms with Crippen molar-refractivity contribution < 1.29 is 4.39 Å². The van der Waals surface area contributed by atoms with Crippen molar-refractivity contribution in [1.82, 2.24) is 25.5 Å². The fourth-order valence-electron chi connectivity index (χ4n) is 2.10. The molecule has 0 saturated heterocycles. The number of nitrogens with zero attached hydrogens (tertiary/aromatic N) is 4. The number of hydrogen-bond acceptors (Lipinski definition) is 4. The Hall–Kier alpha value is -1.82. The highest BCUT2D eigenvalue weighted by Gasteiger charge is 2.18. The van der Waals surface area contributed by atoms with Crippen LogP contribution in [0.5, 0.6) is 0 Å². The van der Waals surface area contributed by atoms with Crippen LogP contribution in [0.15, 0.2) is 24.3 Å². The highest BCUT2D eigenvalue weighted by Crippen LogP contribution is 2.21. The Morgan fingerprint density at radius 3 is 2.65 bits per heavy atom. The average Bonchev–Trinajstić information content (AvgIpc) is 2.81. The van der Waals surface area contributed by atoms with Gasteiger partial charge in [0, 0.05) is 24.9 Å². The molecule has 1 aromatic heterocycles. The second-order valence-electron chi connectivity index (χ2n) is 5.18. The molecule has 0 spiro atoms. The third-order valence-electron chi connectivity index (χ3n) is 3.10. The minimum Gasteiger partial charge on any atom is -0.314 e. The lowest BCUT2D eigenvalue weighted by Gasteiger charge is -2.19. The Kier molecular flexibility index (Phi) is 4.79. The van der Waals surface area contributed by atoms with Crippen LogP contribution in [0.4, 0.5) is 4.39 Å². The van der Waals surface area contributed by atoms with E-state index in [0.29, 0.717) is 30.4 Å². The normalized spacial score (nSPS) is 12.8. The van der Waals surface area contributed by atoms with Gasteiger partial charge in [-0.2, -0.15) is 4.80 Å². The van der Waals surface area contributed by atoms with E-state index in [9.17, 15) is 4.39 Å². The number of hydrogen-bond donors (Lipinski definition) is 1. The predicted octanol–water partition coefficient (Wildman–Crippen LogP) is 1.67. The zero-order valence-electron chi connectivity index (χ0n) is 12.0. The molecule has 20 heavy (non-hydrogen) atoms. The molecule has 6 heteroatoms. The van der Waals surface area contributed by atoms with Crippen molar-refractivity contribution in [3.8, 4) is 0 Å². The molecule has 0 aliphatic carbocycles. The quantitative estimate of drug-likeness (QED) is 0.872. The first-order valence-electron chi connectivity index (χ1n) is 6.77. The fourth-order valence-corrected chi connectivity index (χ4v) is 2.10. The summed E-state index contributed by atoms with van der Waals surface area (Å²) in [6.07, 6.45) is 0.564. The Morgan fingerprint density at radius 1 is 1.30 bits per heavy atom. The number of rotatable bonds is 6. The Labute approximate surface area is 118 Å². The van der Waals surface area contributed by atoms with Crippen LogP contribution in [0, 0.1) is 5.82 Å². The average molecular weight is 277 g/mol. The van der Waals surface area contributed by atoms with Gasteiger partial charge in [-0.1, -0.05) is 32.0 Å². The molecule has 0 amide bonds. The zero-order valence-corrected chi connectivity index (χ0v) is 12.0. The molecule has 1 N–H and O–H groups in total. The molecule has 1 aromatic carbocycles. The number of tetrazole rings is 1. The Morgan fingerprint density at radius 2 is 2.05 bits per heavy atom. The van der Waals surface area contributed by atoms with Gasteiger partial charge in [0.05, 0.1) is 7.05 Å². The van der Waals surface area contributed by atoms with Gasteiger partial charge in [0.2, 0.25) is 0 Å². The van der Waals surface area contributed by atoms with Crippen molar-refractivity contribution in [3.05, 3.63) is 41.5 Å². The molecule has 2 aromatic rings. The van der Waals surface area contributed by atoms with E-state index in [0.717, 1.165) is 0 Å². The number of aromatic nitrogens is 4. The molecule has 2 rings (SSSR count). The number of aryl methyl sites for hydroxylation is 1. The number of nitrogens with one attached hydrogen (secondary N) is 1. The first-order valence-corrected chi connectivity index (χ1v) is 6.77. The highest BCUT2D eigenvalue weighted by molar-refractivity contribution is 5.23. The molecule has 0 bridgehead atoms. The van der Waals surface area contributed by atoms with Crippen molar-refractivity contribution in [1.29, 1.82) is 0 Å². The topological polar surface area (TPSA) is 55.6 Å². The maximum Gasteiger partial charge on any atom is 0.175 e. The van der Waals surface area contributed by atoms with E-state index in [-0.39, 0.29) is 11.7 Å². The van der Waals surface area contributed by atoms with Gasteiger partial charge in [0.1, 0.15) is 5.82 Å². The largest absolute Gasteiger partial charge is 0.314 e. The second kappa shape index (κ2) is 6.56. The van der Waals surface area contributed by atoms with Crippen molar-refractivity contribution in [2.24, 2.45) is 7.05 Å². The molecule has 1 heterocycles. The van der Waals surface area contributed by atoms with Gasteiger partial charge in [-0.3, -0.25) is 0 Å². The maximum atomic E-state index is 14.0. The molecule has 0 fully saturated rings. The van der Waals surface area contributed by atoms with Crippen molar-refractivity contribution in [2.45, 2.75) is 32.2 Å². The van der Waals surface area contributed by atoms with Gasteiger partial charge in [0.25, 0.3) is 0 Å². The van der Waals surface area contributed by atoms with Crippen molar-refractivity contribution >= 4 is 0 Å². The summed E-state index contributed by atoms with van der Waals surface area (Å²) in [6, 6.07) is 7.20. The van der Waals surface area contributed by atoms with E-state index in [1.165, 1.54) is 10.9 Å². The molecule has 0 aliphatic rings. The molecular formula is C14H20FN5. The maximum absolute atomic E-state index is 14.0. The van der Waals surface area contributed by atoms with Crippen molar-refractivity contribution in [2.75, 3.05) is 6.54 Å². The molecule has 108 valence electrons. The van der Waals surface area contributed by atoms with Gasteiger partial charge >= 0.3 is 0 Å². The summed E-state index contributed by atoms with van der Waals surface area (Å²) in [5.74, 6) is 0.432. The van der Waals surface area contributed by atoms with E-state index in [1.54, 1.807) is 13.1 Å². The van der Waals surface area contributed by atoms with Crippen LogP contribution in [0.25, 0.3) is 0 Å². The van der Waals surface area contributed by atoms with E-state index in [4.69, 9.17) is 0 Å². The van der Waals surface area contributed by atoms with Crippen LogP contribution >= 0.6 is 0 Å². The van der Waals surface area contributed by atoms with Crippen LogP contribution in [0.3, 0.4) is 0 Å². The third-order valence-corrected chi connectivity index (χ3v) is 3.10. The SMILES string of the molecule is CC(C)NCC(Cc1nnn(C)n1)c1ccccc1F. The number of halogens is 1. The lowest BCUT2D eigenvalue weighted by atomic mass is 9.94. The molecule has 1 atom stereocenters. The second-order valence-corrected chi connectivity index (χ2v) is 5.18. The van der Waals surface area contributed by atoms with Crippen LogP contribution < -0.4 is 5.32 Å². The summed E-state index contributed by atoms with van der Waals surface area (Å²) in [6.45, 7) is 4.81. The minimum atomic E-state index is -0.188. The summed E-state index contributed by atoms with van der Waals surface area (Å²) in [5, 5.41) is 15.3. The van der Waals surface area contributed by atoms with Gasteiger partial charge in [-0.05, 0) is 16.8 Å². The minimum absolute atomic E-state index is 0.0113. The Bertz CT molecular complexity index is 552. The first kappa shape index (κ1) is 14.6. The van der Waals surface area contributed by atoms with Crippen LogP contribution in [-0.4, -0.2) is 32.8 Å². The van der Waals surface area contributed by atoms with Crippen LogP contribution in [0.1, 0.15) is 31.2 Å². The lowest BCUT2D eigenvalue weighted by molar-refractivity contribution is 0.499. The van der Waals surface area contributed by atoms with Crippen LogP contribution in [-0.2, 0) is 13.5 Å². The zero-order chi connectivity index (χ0) is 14.5. The molecule has 0 aliphatic heterocycles. The summed E-state index contributed by atoms with van der Waals surface area (Å²) >= 11 is 0. The van der Waals surface area contributed by atoms with Crippen molar-refractivity contribution in [3.63, 3.8) is 0 Å². The summed E-state index contributed by atoms with van der Waals surface area (Å²) in [7, 11) is 1.72. The van der Waals surface area contributed by atoms with Gasteiger partial charge in [-0.15, -0.1) is 10.2 Å². The standard InChI is InChI=1S/C14H20FN5/c1-10(2)16-9-11(8-14-17-19-20(3)18-14)12-6-4-5-7-13(12)15/h4-7,10-11,16H,8-9H2,1-3H3. The Balaban J connectivity index is 2.18. The molecule has 0 radical (unpaired) electrons. The summed E-state index contributed by atoms with van der Waals surface area (Å²) < 4.78 is 14.0. The van der Waals surface area contributed by atoms with Gasteiger partial charge in [0.15, 0.2) is 5.82 Å². The summed E-state index contributed by atoms with van der Waals surface area (Å²) in [4.78, 5) is 1.42. The fraction of sp³-hybridized carbons (Fsp3) is 0.500. The monoisotopic (exact) mass is 277 g/mol. The predicted molar refractivity (Wildman–Crippen MR) is 74.8 cm³/mol. The summed E-state index contributed by atoms with van der Waals surface area (Å²) in [5.41, 5.74) is 0.688.